The summed E-state index contributed by atoms with van der Waals surface area (Å²) in [5.41, 5.74) is -0.300. The molecule has 1 heterocycles. The molecular weight excluding hydrogens is 320 g/mol. The minimum atomic E-state index is -0.683. The van der Waals surface area contributed by atoms with Gasteiger partial charge in [0.1, 0.15) is 18.0 Å². The molecule has 1 aromatic heterocycles. The molecule has 1 N–H and O–H groups in total. The van der Waals surface area contributed by atoms with E-state index in [2.05, 4.69) is 9.97 Å². The highest BCUT2D eigenvalue weighted by atomic mass is 16.6. The van der Waals surface area contributed by atoms with Gasteiger partial charge in [-0.2, -0.15) is 0 Å². The standard InChI is InChI=1S/C19H22N2O4/c1-19(2,3)25-18(23)14-15(24-11-12-7-5-4-6-8-12)17(22)21-16(20-14)13-9-10-13/h4-8,13H,9-11H2,1-3H3,(H,20,21,22). The molecule has 0 bridgehead atoms. The Labute approximate surface area is 146 Å². The number of benzene rings is 1. The Morgan fingerprint density at radius 1 is 1.24 bits per heavy atom. The molecule has 2 aromatic rings. The van der Waals surface area contributed by atoms with Crippen molar-refractivity contribution in [1.82, 2.24) is 9.97 Å². The van der Waals surface area contributed by atoms with Crippen LogP contribution < -0.4 is 10.3 Å². The second-order valence-corrected chi connectivity index (χ2v) is 7.18. The van der Waals surface area contributed by atoms with Crippen LogP contribution in [-0.2, 0) is 11.3 Å². The Morgan fingerprint density at radius 3 is 2.52 bits per heavy atom. The Hall–Kier alpha value is -2.63. The zero-order chi connectivity index (χ0) is 18.0. The summed E-state index contributed by atoms with van der Waals surface area (Å²) in [6.45, 7) is 5.48. The van der Waals surface area contributed by atoms with Crippen LogP contribution >= 0.6 is 0 Å². The van der Waals surface area contributed by atoms with Gasteiger partial charge in [0.2, 0.25) is 5.75 Å². The fourth-order valence-electron chi connectivity index (χ4n) is 2.36. The van der Waals surface area contributed by atoms with Gasteiger partial charge in [-0.15, -0.1) is 0 Å². The van der Waals surface area contributed by atoms with Crippen molar-refractivity contribution >= 4 is 5.97 Å². The lowest BCUT2D eigenvalue weighted by Gasteiger charge is -2.20. The van der Waals surface area contributed by atoms with Crippen molar-refractivity contribution in [3.8, 4) is 5.75 Å². The number of carbonyl (C=O) groups excluding carboxylic acids is 1. The summed E-state index contributed by atoms with van der Waals surface area (Å²) in [7, 11) is 0. The molecule has 0 radical (unpaired) electrons. The van der Waals surface area contributed by atoms with Crippen LogP contribution in [0.4, 0.5) is 0 Å². The van der Waals surface area contributed by atoms with Gasteiger partial charge in [0.25, 0.3) is 5.56 Å². The first-order valence-corrected chi connectivity index (χ1v) is 8.38. The molecule has 3 rings (SSSR count). The molecule has 1 aromatic carbocycles. The summed E-state index contributed by atoms with van der Waals surface area (Å²) in [6, 6.07) is 9.42. The minimum absolute atomic E-state index is 0.0588. The number of H-pyrrole nitrogens is 1. The number of aromatic nitrogens is 2. The minimum Gasteiger partial charge on any atom is -0.481 e. The van der Waals surface area contributed by atoms with Crippen LogP contribution in [0, 0.1) is 0 Å². The highest BCUT2D eigenvalue weighted by molar-refractivity contribution is 5.90. The fraction of sp³-hybridized carbons (Fsp3) is 0.421. The SMILES string of the molecule is CC(C)(C)OC(=O)c1nc(C2CC2)[nH]c(=O)c1OCc1ccccc1. The van der Waals surface area contributed by atoms with Crippen molar-refractivity contribution in [1.29, 1.82) is 0 Å². The smallest absolute Gasteiger partial charge is 0.361 e. The van der Waals surface area contributed by atoms with E-state index in [-0.39, 0.29) is 24.0 Å². The molecule has 25 heavy (non-hydrogen) atoms. The Kier molecular flexibility index (Phi) is 4.61. The summed E-state index contributed by atoms with van der Waals surface area (Å²) >= 11 is 0. The monoisotopic (exact) mass is 342 g/mol. The van der Waals surface area contributed by atoms with Gasteiger partial charge < -0.3 is 14.5 Å². The maximum absolute atomic E-state index is 12.5. The van der Waals surface area contributed by atoms with Crippen molar-refractivity contribution in [2.24, 2.45) is 0 Å². The first-order chi connectivity index (χ1) is 11.8. The molecule has 0 saturated heterocycles. The van der Waals surface area contributed by atoms with E-state index < -0.39 is 17.1 Å². The summed E-state index contributed by atoms with van der Waals surface area (Å²) in [4.78, 5) is 32.0. The molecule has 0 unspecified atom stereocenters. The second-order valence-electron chi connectivity index (χ2n) is 7.18. The number of ether oxygens (including phenoxy) is 2. The Balaban J connectivity index is 1.91. The molecule has 1 aliphatic carbocycles. The maximum Gasteiger partial charge on any atom is 0.361 e. The van der Waals surface area contributed by atoms with E-state index in [0.717, 1.165) is 18.4 Å². The average molecular weight is 342 g/mol. The van der Waals surface area contributed by atoms with Crippen LogP contribution in [-0.4, -0.2) is 21.5 Å². The van der Waals surface area contributed by atoms with Gasteiger partial charge in [-0.05, 0) is 39.2 Å². The number of carbonyl (C=O) groups is 1. The predicted octanol–water partition coefficient (Wildman–Crippen LogP) is 3.18. The summed E-state index contributed by atoms with van der Waals surface area (Å²) in [5.74, 6) is -0.0129. The second kappa shape index (κ2) is 6.70. The normalized spacial score (nSPS) is 14.2. The zero-order valence-electron chi connectivity index (χ0n) is 14.7. The molecular formula is C19H22N2O4. The lowest BCUT2D eigenvalue weighted by Crippen LogP contribution is -2.27. The molecule has 1 aliphatic rings. The third-order valence-electron chi connectivity index (χ3n) is 3.68. The fourth-order valence-corrected chi connectivity index (χ4v) is 2.36. The van der Waals surface area contributed by atoms with E-state index in [4.69, 9.17) is 9.47 Å². The van der Waals surface area contributed by atoms with Gasteiger partial charge in [-0.1, -0.05) is 30.3 Å². The molecule has 0 aliphatic heterocycles. The number of hydrogen-bond acceptors (Lipinski definition) is 5. The number of rotatable bonds is 5. The topological polar surface area (TPSA) is 81.3 Å². The third-order valence-corrected chi connectivity index (χ3v) is 3.68. The van der Waals surface area contributed by atoms with Crippen LogP contribution in [0.25, 0.3) is 0 Å². The number of hydrogen-bond donors (Lipinski definition) is 1. The molecule has 0 amide bonds. The van der Waals surface area contributed by atoms with Crippen molar-refractivity contribution < 1.29 is 14.3 Å². The lowest BCUT2D eigenvalue weighted by atomic mass is 10.2. The average Bonchev–Trinajstić information content (AvgIpc) is 3.37. The van der Waals surface area contributed by atoms with E-state index in [9.17, 15) is 9.59 Å². The largest absolute Gasteiger partial charge is 0.481 e. The van der Waals surface area contributed by atoms with Crippen LogP contribution in [0.5, 0.6) is 5.75 Å². The maximum atomic E-state index is 12.5. The number of aromatic amines is 1. The number of nitrogens with zero attached hydrogens (tertiary/aromatic N) is 1. The van der Waals surface area contributed by atoms with E-state index >= 15 is 0 Å². The van der Waals surface area contributed by atoms with Gasteiger partial charge in [0, 0.05) is 5.92 Å². The Morgan fingerprint density at radius 2 is 1.92 bits per heavy atom. The zero-order valence-corrected chi connectivity index (χ0v) is 14.7. The number of nitrogens with one attached hydrogen (secondary N) is 1. The van der Waals surface area contributed by atoms with Crippen molar-refractivity contribution in [3.63, 3.8) is 0 Å². The molecule has 132 valence electrons. The highest BCUT2D eigenvalue weighted by Gasteiger charge is 2.31. The van der Waals surface area contributed by atoms with E-state index in [0.29, 0.717) is 5.82 Å². The van der Waals surface area contributed by atoms with E-state index in [1.165, 1.54) is 0 Å². The van der Waals surface area contributed by atoms with E-state index in [1.807, 2.05) is 30.3 Å². The highest BCUT2D eigenvalue weighted by Crippen LogP contribution is 2.38. The first-order valence-electron chi connectivity index (χ1n) is 8.38. The molecule has 6 heteroatoms. The molecule has 1 fully saturated rings. The van der Waals surface area contributed by atoms with Crippen molar-refractivity contribution in [2.45, 2.75) is 51.7 Å². The van der Waals surface area contributed by atoms with E-state index in [1.54, 1.807) is 20.8 Å². The van der Waals surface area contributed by atoms with Gasteiger partial charge in [0.15, 0.2) is 5.69 Å². The quantitative estimate of drug-likeness (QED) is 0.844. The summed E-state index contributed by atoms with van der Waals surface area (Å²) < 4.78 is 11.0. The van der Waals surface area contributed by atoms with Crippen molar-refractivity contribution in [2.75, 3.05) is 0 Å². The summed E-state index contributed by atoms with van der Waals surface area (Å²) in [5, 5.41) is 0. The van der Waals surface area contributed by atoms with Crippen LogP contribution in [0.3, 0.4) is 0 Å². The Bertz CT molecular complexity index is 818. The first kappa shape index (κ1) is 17.2. The number of esters is 1. The molecule has 0 spiro atoms. The van der Waals surface area contributed by atoms with Crippen LogP contribution in [0.1, 0.15) is 61.4 Å². The van der Waals surface area contributed by atoms with Gasteiger partial charge in [-0.3, -0.25) is 4.79 Å². The lowest BCUT2D eigenvalue weighted by molar-refractivity contribution is 0.00573. The van der Waals surface area contributed by atoms with Crippen LogP contribution in [0.15, 0.2) is 35.1 Å². The van der Waals surface area contributed by atoms with Gasteiger partial charge >= 0.3 is 5.97 Å². The van der Waals surface area contributed by atoms with Crippen LogP contribution in [0.2, 0.25) is 0 Å². The predicted molar refractivity (Wildman–Crippen MR) is 92.8 cm³/mol. The summed E-state index contributed by atoms with van der Waals surface area (Å²) in [6.07, 6.45) is 1.92. The molecule has 0 atom stereocenters. The third kappa shape index (κ3) is 4.47. The van der Waals surface area contributed by atoms with Crippen molar-refractivity contribution in [3.05, 3.63) is 57.8 Å². The molecule has 1 saturated carbocycles. The van der Waals surface area contributed by atoms with Gasteiger partial charge in [0.05, 0.1) is 0 Å². The van der Waals surface area contributed by atoms with Gasteiger partial charge in [-0.25, -0.2) is 9.78 Å². The molecule has 6 nitrogen and oxygen atoms in total.